The summed E-state index contributed by atoms with van der Waals surface area (Å²) in [6.07, 6.45) is 2.82. The number of hydrogen-bond donors (Lipinski definition) is 1. The molecule has 1 atom stereocenters. The first-order valence-electron chi connectivity index (χ1n) is 13.2. The molecular weight excluding hydrogens is 517 g/mol. The van der Waals surface area contributed by atoms with Gasteiger partial charge in [0, 0.05) is 51.1 Å². The molecule has 1 heterocycles. The number of nitrogens with zero attached hydrogens (tertiary/aromatic N) is 2. The van der Waals surface area contributed by atoms with Gasteiger partial charge in [-0.25, -0.2) is 0 Å². The van der Waals surface area contributed by atoms with Crippen molar-refractivity contribution in [2.24, 2.45) is 0 Å². The normalized spacial score (nSPS) is 15.2. The average molecular weight is 553 g/mol. The summed E-state index contributed by atoms with van der Waals surface area (Å²) in [7, 11) is 1.85. The Morgan fingerprint density at radius 3 is 2.11 bits per heavy atom. The molecule has 5 rings (SSSR count). The van der Waals surface area contributed by atoms with Crippen LogP contribution in [0.5, 0.6) is 0 Å². The Bertz CT molecular complexity index is 1200. The molecule has 1 aliphatic heterocycles. The van der Waals surface area contributed by atoms with E-state index >= 15 is 0 Å². The van der Waals surface area contributed by atoms with E-state index in [2.05, 4.69) is 34.5 Å². The van der Waals surface area contributed by atoms with E-state index in [9.17, 15) is 9.59 Å². The highest BCUT2D eigenvalue weighted by Gasteiger charge is 2.23. The molecule has 2 aromatic rings. The highest BCUT2D eigenvalue weighted by molar-refractivity contribution is 6.42. The van der Waals surface area contributed by atoms with Gasteiger partial charge in [0.1, 0.15) is 0 Å². The fraction of sp³-hybridized carbons (Fsp3) is 0.355. The average Bonchev–Trinajstić information content (AvgIpc) is 2.91. The lowest BCUT2D eigenvalue weighted by molar-refractivity contribution is -0.119. The van der Waals surface area contributed by atoms with Crippen LogP contribution in [0.15, 0.2) is 72.8 Å². The molecule has 1 saturated heterocycles. The van der Waals surface area contributed by atoms with E-state index in [0.717, 1.165) is 44.5 Å². The maximum atomic E-state index is 12.9. The minimum absolute atomic E-state index is 0.00628. The van der Waals surface area contributed by atoms with Crippen molar-refractivity contribution in [1.29, 1.82) is 0 Å². The number of rotatable bonds is 8. The molecule has 0 spiro atoms. The summed E-state index contributed by atoms with van der Waals surface area (Å²) in [5.41, 5.74) is 4.62. The smallest absolute Gasteiger partial charge is 0.253 e. The maximum absolute atomic E-state index is 12.9. The molecule has 2 aliphatic carbocycles. The number of fused-ring (bicyclic) bond motifs is 1. The summed E-state index contributed by atoms with van der Waals surface area (Å²) in [5.74, 6) is 0.177. The molecule has 200 valence electrons. The van der Waals surface area contributed by atoms with Crippen molar-refractivity contribution in [2.45, 2.75) is 38.1 Å². The molecule has 0 bridgehead atoms. The highest BCUT2D eigenvalue weighted by atomic mass is 35.5. The minimum Gasteiger partial charge on any atom is -0.354 e. The van der Waals surface area contributed by atoms with Gasteiger partial charge in [-0.2, -0.15) is 0 Å². The number of carbonyl (C=O) groups is 2. The molecule has 1 unspecified atom stereocenters. The molecule has 3 aliphatic rings. The van der Waals surface area contributed by atoms with Crippen molar-refractivity contribution < 1.29 is 9.59 Å². The van der Waals surface area contributed by atoms with E-state index in [1.807, 2.05) is 55.6 Å². The number of nitrogens with one attached hydrogen (secondary N) is 1. The second kappa shape index (κ2) is 13.3. The van der Waals surface area contributed by atoms with Crippen LogP contribution in [0.25, 0.3) is 11.1 Å². The van der Waals surface area contributed by atoms with Gasteiger partial charge >= 0.3 is 0 Å². The number of likely N-dealkylation sites (tertiary alicyclic amines) is 1. The molecule has 1 N–H and O–H groups in total. The van der Waals surface area contributed by atoms with E-state index < -0.39 is 0 Å². The lowest BCUT2D eigenvalue weighted by Gasteiger charge is -2.33. The number of halogens is 2. The number of benzene rings is 3. The summed E-state index contributed by atoms with van der Waals surface area (Å²) in [4.78, 5) is 28.4. The zero-order valence-corrected chi connectivity index (χ0v) is 23.5. The van der Waals surface area contributed by atoms with Gasteiger partial charge in [0.25, 0.3) is 5.91 Å². The summed E-state index contributed by atoms with van der Waals surface area (Å²) in [5, 5.41) is 4.08. The number of carbonyl (C=O) groups excluding carboxylic acids is 2. The Balaban J connectivity index is 0.000000483. The van der Waals surface area contributed by atoms with Gasteiger partial charge in [-0.3, -0.25) is 9.59 Å². The number of amides is 2. The Labute approximate surface area is 235 Å². The number of likely N-dealkylation sites (N-methyl/N-ethyl adjacent to an activating group) is 1. The predicted molar refractivity (Wildman–Crippen MR) is 156 cm³/mol. The van der Waals surface area contributed by atoms with Gasteiger partial charge in [0.15, 0.2) is 0 Å². The van der Waals surface area contributed by atoms with Gasteiger partial charge in [-0.05, 0) is 66.8 Å². The summed E-state index contributed by atoms with van der Waals surface area (Å²) in [6.45, 7) is 5.00. The van der Waals surface area contributed by atoms with Crippen LogP contribution in [0.2, 0.25) is 10.0 Å². The van der Waals surface area contributed by atoms with E-state index in [1.54, 1.807) is 11.8 Å². The van der Waals surface area contributed by atoms with E-state index in [0.29, 0.717) is 22.2 Å². The van der Waals surface area contributed by atoms with E-state index in [4.69, 9.17) is 23.2 Å². The van der Waals surface area contributed by atoms with E-state index in [1.165, 1.54) is 11.1 Å². The summed E-state index contributed by atoms with van der Waals surface area (Å²) in [6, 6.07) is 23.8. The Kier molecular flexibility index (Phi) is 9.84. The second-order valence-corrected chi connectivity index (χ2v) is 10.9. The van der Waals surface area contributed by atoms with Crippen LogP contribution in [0.4, 0.5) is 0 Å². The quantitative estimate of drug-likeness (QED) is 0.271. The van der Waals surface area contributed by atoms with Crippen LogP contribution < -0.4 is 5.32 Å². The topological polar surface area (TPSA) is 52.7 Å². The molecule has 0 saturated carbocycles. The van der Waals surface area contributed by atoms with Crippen LogP contribution in [0.1, 0.15) is 48.0 Å². The monoisotopic (exact) mass is 551 g/mol. The molecule has 1 fully saturated rings. The third-order valence-corrected chi connectivity index (χ3v) is 8.02. The standard InChI is InChI=1S/C25H31Cl2N3O2.C6H4/c1-18(31)28-22-11-14-30(15-12-22)13-10-21(20-8-9-23(26)24(27)16-20)17-29(2)25(32)19-6-4-3-5-7-19;1-2-6-4-3-5(1)6/h3-9,16,21-22H,10-15,17H2,1-2H3,(H,28,31);1-4H. The van der Waals surface area contributed by atoms with Gasteiger partial charge < -0.3 is 15.1 Å². The first kappa shape index (κ1) is 28.2. The van der Waals surface area contributed by atoms with Crippen molar-refractivity contribution in [3.63, 3.8) is 0 Å². The van der Waals surface area contributed by atoms with Crippen LogP contribution in [0, 0.1) is 0 Å². The van der Waals surface area contributed by atoms with Crippen LogP contribution in [0.3, 0.4) is 0 Å². The molecule has 0 radical (unpaired) electrons. The molecule has 5 nitrogen and oxygen atoms in total. The first-order chi connectivity index (χ1) is 18.3. The van der Waals surface area contributed by atoms with Crippen LogP contribution in [-0.4, -0.2) is 60.9 Å². The number of hydrogen-bond acceptors (Lipinski definition) is 3. The third-order valence-electron chi connectivity index (χ3n) is 7.28. The molecule has 2 aromatic carbocycles. The van der Waals surface area contributed by atoms with Crippen molar-refractivity contribution in [3.8, 4) is 11.1 Å². The molecule has 2 amide bonds. The predicted octanol–water partition coefficient (Wildman–Crippen LogP) is 6.51. The molecule has 0 aromatic heterocycles. The lowest BCUT2D eigenvalue weighted by atomic mass is 9.94. The Morgan fingerprint density at radius 1 is 0.947 bits per heavy atom. The van der Waals surface area contributed by atoms with Gasteiger partial charge in [0.2, 0.25) is 5.91 Å². The zero-order valence-electron chi connectivity index (χ0n) is 22.0. The molecular formula is C31H35Cl2N3O2. The Hall–Kier alpha value is -2.86. The highest BCUT2D eigenvalue weighted by Crippen LogP contribution is 2.30. The van der Waals surface area contributed by atoms with Crippen molar-refractivity contribution >= 4 is 35.0 Å². The SMILES string of the molecule is CC(=O)NC1CCN(CCC(CN(C)C(=O)c2ccccc2)c2ccc(Cl)c(Cl)c2)CC1.c1cc2ccc1-2. The molecule has 38 heavy (non-hydrogen) atoms. The van der Waals surface area contributed by atoms with Gasteiger partial charge in [-0.15, -0.1) is 0 Å². The minimum atomic E-state index is 0.00628. The van der Waals surface area contributed by atoms with Crippen molar-refractivity contribution in [3.05, 3.63) is 94.0 Å². The van der Waals surface area contributed by atoms with Gasteiger partial charge in [-0.1, -0.05) is 71.7 Å². The third kappa shape index (κ3) is 7.59. The van der Waals surface area contributed by atoms with Gasteiger partial charge in [0.05, 0.1) is 10.0 Å². The fourth-order valence-electron chi connectivity index (χ4n) is 4.93. The Morgan fingerprint density at radius 2 is 1.58 bits per heavy atom. The second-order valence-electron chi connectivity index (χ2n) is 10.1. The van der Waals surface area contributed by atoms with Crippen molar-refractivity contribution in [1.82, 2.24) is 15.1 Å². The summed E-state index contributed by atoms with van der Waals surface area (Å²) >= 11 is 12.4. The van der Waals surface area contributed by atoms with Crippen LogP contribution >= 0.6 is 23.2 Å². The summed E-state index contributed by atoms with van der Waals surface area (Å²) < 4.78 is 0. The first-order valence-corrected chi connectivity index (χ1v) is 13.9. The maximum Gasteiger partial charge on any atom is 0.253 e. The fourth-order valence-corrected chi connectivity index (χ4v) is 5.24. The zero-order chi connectivity index (χ0) is 27.1. The van der Waals surface area contributed by atoms with Crippen LogP contribution in [-0.2, 0) is 4.79 Å². The largest absolute Gasteiger partial charge is 0.354 e. The van der Waals surface area contributed by atoms with Crippen molar-refractivity contribution in [2.75, 3.05) is 33.2 Å². The van der Waals surface area contributed by atoms with E-state index in [-0.39, 0.29) is 23.8 Å². The molecule has 7 heteroatoms. The number of piperidine rings is 1. The lowest BCUT2D eigenvalue weighted by Crippen LogP contribution is -2.44.